The minimum absolute atomic E-state index is 0.731. The summed E-state index contributed by atoms with van der Waals surface area (Å²) in [6, 6.07) is 6.15. The monoisotopic (exact) mass is 178 g/mol. The van der Waals surface area contributed by atoms with Gasteiger partial charge in [0.25, 0.3) is 0 Å². The lowest BCUT2D eigenvalue weighted by molar-refractivity contribution is 0.344. The lowest BCUT2D eigenvalue weighted by Gasteiger charge is -2.03. The normalized spacial score (nSPS) is 10.4. The van der Waals surface area contributed by atoms with Crippen LogP contribution < -0.4 is 4.74 Å². The van der Waals surface area contributed by atoms with Gasteiger partial charge in [0.05, 0.1) is 6.61 Å². The smallest absolute Gasteiger partial charge is 0.127 e. The molecule has 0 amide bonds. The number of rotatable bonds is 2. The highest BCUT2D eigenvalue weighted by atomic mass is 32.1. The van der Waals surface area contributed by atoms with Crippen LogP contribution in [0.15, 0.2) is 29.0 Å². The van der Waals surface area contributed by atoms with Gasteiger partial charge in [0.1, 0.15) is 5.75 Å². The molecular weight excluding hydrogens is 168 g/mol. The van der Waals surface area contributed by atoms with E-state index in [-0.39, 0.29) is 0 Å². The predicted molar refractivity (Wildman–Crippen MR) is 53.0 cm³/mol. The molecule has 0 unspecified atom stereocenters. The topological polar surface area (TPSA) is 9.23 Å². The lowest BCUT2D eigenvalue weighted by Crippen LogP contribution is -1.90. The summed E-state index contributed by atoms with van der Waals surface area (Å²) in [7, 11) is 0. The van der Waals surface area contributed by atoms with E-state index >= 15 is 0 Å². The van der Waals surface area contributed by atoms with Crippen LogP contribution in [0.5, 0.6) is 5.75 Å². The Morgan fingerprint density at radius 3 is 3.08 bits per heavy atom. The highest BCUT2D eigenvalue weighted by molar-refractivity contribution is 7.09. The van der Waals surface area contributed by atoms with Crippen molar-refractivity contribution in [3.05, 3.63) is 29.0 Å². The number of benzene rings is 1. The number of thiophene rings is 1. The van der Waals surface area contributed by atoms with Crippen molar-refractivity contribution in [1.82, 2.24) is 0 Å². The highest BCUT2D eigenvalue weighted by Gasteiger charge is 2.00. The molecule has 0 aliphatic rings. The van der Waals surface area contributed by atoms with Crippen molar-refractivity contribution < 1.29 is 4.74 Å². The average Bonchev–Trinajstić information content (AvgIpc) is 2.53. The van der Waals surface area contributed by atoms with Gasteiger partial charge < -0.3 is 4.74 Å². The second-order valence-corrected chi connectivity index (χ2v) is 3.31. The van der Waals surface area contributed by atoms with Crippen molar-refractivity contribution in [2.45, 2.75) is 6.92 Å². The van der Waals surface area contributed by atoms with Crippen LogP contribution in [0, 0.1) is 0 Å². The number of ether oxygens (including phenoxy) is 1. The maximum Gasteiger partial charge on any atom is 0.127 e. The van der Waals surface area contributed by atoms with Crippen molar-refractivity contribution in [3.63, 3.8) is 0 Å². The van der Waals surface area contributed by atoms with E-state index in [0.717, 1.165) is 12.4 Å². The van der Waals surface area contributed by atoms with Gasteiger partial charge in [-0.15, -0.1) is 0 Å². The molecular formula is C10H10OS. The summed E-state index contributed by atoms with van der Waals surface area (Å²) in [6.07, 6.45) is 0. The fourth-order valence-electron chi connectivity index (χ4n) is 1.25. The Labute approximate surface area is 75.6 Å². The molecule has 0 saturated carbocycles. The maximum atomic E-state index is 5.48. The summed E-state index contributed by atoms with van der Waals surface area (Å²) in [5.74, 6) is 0.997. The van der Waals surface area contributed by atoms with Crippen LogP contribution in [0.25, 0.3) is 10.8 Å². The van der Waals surface area contributed by atoms with E-state index in [1.807, 2.05) is 19.1 Å². The summed E-state index contributed by atoms with van der Waals surface area (Å²) in [5, 5.41) is 6.76. The Morgan fingerprint density at radius 1 is 1.33 bits per heavy atom. The Bertz CT molecular complexity index is 378. The SMILES string of the molecule is CCOc1cccc2cscc12. The van der Waals surface area contributed by atoms with Crippen LogP contribution in [0.4, 0.5) is 0 Å². The molecule has 2 heteroatoms. The summed E-state index contributed by atoms with van der Waals surface area (Å²) in [4.78, 5) is 0. The molecule has 1 aromatic carbocycles. The van der Waals surface area contributed by atoms with Gasteiger partial charge in [-0.3, -0.25) is 0 Å². The molecule has 0 N–H and O–H groups in total. The van der Waals surface area contributed by atoms with E-state index in [0.29, 0.717) is 0 Å². The highest BCUT2D eigenvalue weighted by Crippen LogP contribution is 2.28. The average molecular weight is 178 g/mol. The molecule has 0 radical (unpaired) electrons. The second kappa shape index (κ2) is 3.15. The molecule has 1 nitrogen and oxygen atoms in total. The van der Waals surface area contributed by atoms with Gasteiger partial charge in [-0.1, -0.05) is 12.1 Å². The van der Waals surface area contributed by atoms with E-state index < -0.39 is 0 Å². The lowest BCUT2D eigenvalue weighted by atomic mass is 10.2. The van der Waals surface area contributed by atoms with Gasteiger partial charge in [0, 0.05) is 10.8 Å². The zero-order chi connectivity index (χ0) is 8.39. The Balaban J connectivity index is 2.57. The van der Waals surface area contributed by atoms with Crippen LogP contribution in [-0.2, 0) is 0 Å². The van der Waals surface area contributed by atoms with Gasteiger partial charge >= 0.3 is 0 Å². The molecule has 0 atom stereocenters. The zero-order valence-corrected chi connectivity index (χ0v) is 7.73. The molecule has 0 fully saturated rings. The molecule has 0 bridgehead atoms. The summed E-state index contributed by atoms with van der Waals surface area (Å²) < 4.78 is 5.48. The van der Waals surface area contributed by atoms with E-state index in [1.54, 1.807) is 11.3 Å². The van der Waals surface area contributed by atoms with Crippen molar-refractivity contribution in [2.24, 2.45) is 0 Å². The third-order valence-electron chi connectivity index (χ3n) is 1.78. The first-order chi connectivity index (χ1) is 5.92. The first-order valence-electron chi connectivity index (χ1n) is 3.99. The maximum absolute atomic E-state index is 5.48. The Morgan fingerprint density at radius 2 is 2.25 bits per heavy atom. The van der Waals surface area contributed by atoms with Crippen LogP contribution in [0.1, 0.15) is 6.92 Å². The summed E-state index contributed by atoms with van der Waals surface area (Å²) >= 11 is 1.71. The summed E-state index contributed by atoms with van der Waals surface area (Å²) in [5.41, 5.74) is 0. The molecule has 1 aromatic heterocycles. The van der Waals surface area contributed by atoms with Crippen molar-refractivity contribution in [1.29, 1.82) is 0 Å². The Hall–Kier alpha value is -1.02. The van der Waals surface area contributed by atoms with Crippen LogP contribution in [0.2, 0.25) is 0 Å². The number of hydrogen-bond donors (Lipinski definition) is 0. The fraction of sp³-hybridized carbons (Fsp3) is 0.200. The minimum Gasteiger partial charge on any atom is -0.493 e. The summed E-state index contributed by atoms with van der Waals surface area (Å²) in [6.45, 7) is 2.74. The largest absolute Gasteiger partial charge is 0.493 e. The first-order valence-corrected chi connectivity index (χ1v) is 4.94. The molecule has 2 rings (SSSR count). The fourth-order valence-corrected chi connectivity index (χ4v) is 2.06. The molecule has 0 aliphatic heterocycles. The molecule has 0 saturated heterocycles. The Kier molecular flexibility index (Phi) is 2.00. The van der Waals surface area contributed by atoms with E-state index in [4.69, 9.17) is 4.74 Å². The molecule has 1 heterocycles. The van der Waals surface area contributed by atoms with E-state index in [1.165, 1.54) is 10.8 Å². The molecule has 62 valence electrons. The molecule has 0 aliphatic carbocycles. The quantitative estimate of drug-likeness (QED) is 0.685. The zero-order valence-electron chi connectivity index (χ0n) is 6.91. The van der Waals surface area contributed by atoms with Crippen molar-refractivity contribution in [3.8, 4) is 5.75 Å². The van der Waals surface area contributed by atoms with Gasteiger partial charge in [0.2, 0.25) is 0 Å². The van der Waals surface area contributed by atoms with Crippen molar-refractivity contribution in [2.75, 3.05) is 6.61 Å². The number of hydrogen-bond acceptors (Lipinski definition) is 2. The van der Waals surface area contributed by atoms with Crippen molar-refractivity contribution >= 4 is 22.1 Å². The van der Waals surface area contributed by atoms with Crippen LogP contribution in [0.3, 0.4) is 0 Å². The van der Waals surface area contributed by atoms with Gasteiger partial charge in [-0.2, -0.15) is 11.3 Å². The number of fused-ring (bicyclic) bond motifs is 1. The molecule has 0 spiro atoms. The van der Waals surface area contributed by atoms with Gasteiger partial charge in [-0.05, 0) is 23.8 Å². The van der Waals surface area contributed by atoms with E-state index in [2.05, 4.69) is 16.8 Å². The third kappa shape index (κ3) is 1.18. The van der Waals surface area contributed by atoms with Gasteiger partial charge in [0.15, 0.2) is 0 Å². The van der Waals surface area contributed by atoms with Crippen LogP contribution in [-0.4, -0.2) is 6.61 Å². The second-order valence-electron chi connectivity index (χ2n) is 2.56. The standard InChI is InChI=1S/C10H10OS/c1-2-11-10-5-3-4-8-6-12-7-9(8)10/h3-7H,2H2,1H3. The molecule has 2 aromatic rings. The van der Waals surface area contributed by atoms with Gasteiger partial charge in [-0.25, -0.2) is 0 Å². The van der Waals surface area contributed by atoms with Crippen LogP contribution >= 0.6 is 11.3 Å². The first kappa shape index (κ1) is 7.62. The predicted octanol–water partition coefficient (Wildman–Crippen LogP) is 3.30. The molecule has 12 heavy (non-hydrogen) atoms. The van der Waals surface area contributed by atoms with E-state index in [9.17, 15) is 0 Å². The minimum atomic E-state index is 0.731. The third-order valence-corrected chi connectivity index (χ3v) is 2.54.